The predicted octanol–water partition coefficient (Wildman–Crippen LogP) is 3.23. The van der Waals surface area contributed by atoms with E-state index in [-0.39, 0.29) is 23.9 Å². The maximum absolute atomic E-state index is 12.5. The van der Waals surface area contributed by atoms with E-state index in [1.54, 1.807) is 48.5 Å². The molecule has 1 aromatic heterocycles. The number of pyridine rings is 1. The van der Waals surface area contributed by atoms with Gasteiger partial charge >= 0.3 is 0 Å². The van der Waals surface area contributed by atoms with Gasteiger partial charge in [0, 0.05) is 17.5 Å². The Morgan fingerprint density at radius 2 is 1.93 bits per heavy atom. The lowest BCUT2D eigenvalue weighted by atomic mass is 10.2. The van der Waals surface area contributed by atoms with Crippen LogP contribution in [0, 0.1) is 0 Å². The van der Waals surface area contributed by atoms with Crippen LogP contribution >= 0.6 is 0 Å². The van der Waals surface area contributed by atoms with Crippen molar-refractivity contribution >= 4 is 26.7 Å². The van der Waals surface area contributed by atoms with Crippen molar-refractivity contribution in [1.29, 1.82) is 0 Å². The molecule has 27 heavy (non-hydrogen) atoms. The van der Waals surface area contributed by atoms with Crippen molar-refractivity contribution in [3.05, 3.63) is 72.6 Å². The lowest BCUT2D eigenvalue weighted by molar-refractivity contribution is 0.348. The van der Waals surface area contributed by atoms with Crippen molar-refractivity contribution in [1.82, 2.24) is 4.98 Å². The van der Waals surface area contributed by atoms with Gasteiger partial charge < -0.3 is 10.5 Å². The summed E-state index contributed by atoms with van der Waals surface area (Å²) < 4.78 is 45.3. The van der Waals surface area contributed by atoms with Gasteiger partial charge in [-0.1, -0.05) is 18.2 Å². The molecule has 3 rings (SSSR count). The highest BCUT2D eigenvalue weighted by molar-refractivity contribution is 7.92. The first-order valence-corrected chi connectivity index (χ1v) is 9.60. The smallest absolute Gasteiger partial charge is 0.263 e. The molecule has 0 bridgehead atoms. The number of hydrogen-bond acceptors (Lipinski definition) is 5. The number of ether oxygens (including phenoxy) is 1. The summed E-state index contributed by atoms with van der Waals surface area (Å²) in [6.07, 6.45) is 0.438. The van der Waals surface area contributed by atoms with E-state index in [0.29, 0.717) is 23.2 Å². The number of fused-ring (bicyclic) bond motifs is 1. The van der Waals surface area contributed by atoms with Gasteiger partial charge in [0.25, 0.3) is 10.0 Å². The van der Waals surface area contributed by atoms with Gasteiger partial charge in [0.05, 0.1) is 16.7 Å². The quantitative estimate of drug-likeness (QED) is 0.649. The third kappa shape index (κ3) is 4.60. The monoisotopic (exact) mass is 387 g/mol. The molecule has 6 nitrogen and oxygen atoms in total. The largest absolute Gasteiger partial charge is 0.489 e. The number of halogens is 1. The van der Waals surface area contributed by atoms with Crippen molar-refractivity contribution in [2.24, 2.45) is 5.73 Å². The molecule has 0 spiro atoms. The number of benzene rings is 2. The molecule has 0 saturated heterocycles. The van der Waals surface area contributed by atoms with Gasteiger partial charge in [-0.2, -0.15) is 0 Å². The van der Waals surface area contributed by atoms with E-state index in [1.165, 1.54) is 12.1 Å². The fourth-order valence-corrected chi connectivity index (χ4v) is 3.38. The summed E-state index contributed by atoms with van der Waals surface area (Å²) in [7, 11) is -3.70. The minimum atomic E-state index is -3.70. The Bertz CT molecular complexity index is 1070. The lowest BCUT2D eigenvalue weighted by Crippen LogP contribution is -2.13. The van der Waals surface area contributed by atoms with E-state index in [4.69, 9.17) is 10.5 Å². The second kappa shape index (κ2) is 8.15. The van der Waals surface area contributed by atoms with Crippen molar-refractivity contribution in [2.75, 3.05) is 17.9 Å². The fourth-order valence-electron chi connectivity index (χ4n) is 2.36. The summed E-state index contributed by atoms with van der Waals surface area (Å²) in [4.78, 5) is 4.48. The van der Waals surface area contributed by atoms with Crippen LogP contribution in [-0.4, -0.2) is 26.6 Å². The Labute approximate surface area is 156 Å². The van der Waals surface area contributed by atoms with Crippen LogP contribution in [-0.2, 0) is 10.0 Å². The fraction of sp³-hybridized carbons (Fsp3) is 0.105. The molecule has 0 aliphatic heterocycles. The van der Waals surface area contributed by atoms with Gasteiger partial charge in [-0.25, -0.2) is 17.8 Å². The van der Waals surface area contributed by atoms with E-state index in [0.717, 1.165) is 5.39 Å². The molecule has 3 aromatic rings. The summed E-state index contributed by atoms with van der Waals surface area (Å²) in [5.41, 5.74) is 6.33. The number of nitrogens with two attached hydrogens (primary N) is 1. The molecule has 3 N–H and O–H groups in total. The van der Waals surface area contributed by atoms with E-state index in [2.05, 4.69) is 9.71 Å². The molecular formula is C19H18FN3O3S. The van der Waals surface area contributed by atoms with Crippen molar-refractivity contribution in [2.45, 2.75) is 4.90 Å². The third-order valence-electron chi connectivity index (χ3n) is 3.79. The zero-order valence-corrected chi connectivity index (χ0v) is 15.1. The molecule has 1 heterocycles. The SMILES string of the molecule is NC/C(=C\F)COc1ccc2nc(NS(=O)(=O)c3ccccc3)ccc2c1. The molecule has 8 heteroatoms. The van der Waals surface area contributed by atoms with Crippen LogP contribution in [0.2, 0.25) is 0 Å². The number of aromatic nitrogens is 1. The summed E-state index contributed by atoms with van der Waals surface area (Å²) in [6.45, 7) is 0.136. The number of hydrogen-bond donors (Lipinski definition) is 2. The minimum Gasteiger partial charge on any atom is -0.489 e. The number of nitrogens with one attached hydrogen (secondary N) is 1. The Balaban J connectivity index is 1.79. The Morgan fingerprint density at radius 3 is 2.63 bits per heavy atom. The van der Waals surface area contributed by atoms with Gasteiger partial charge in [-0.15, -0.1) is 0 Å². The molecule has 0 atom stereocenters. The molecule has 2 aromatic carbocycles. The lowest BCUT2D eigenvalue weighted by Gasteiger charge is -2.10. The highest BCUT2D eigenvalue weighted by Gasteiger charge is 2.14. The Morgan fingerprint density at radius 1 is 1.15 bits per heavy atom. The molecular weight excluding hydrogens is 369 g/mol. The first-order chi connectivity index (χ1) is 13.0. The van der Waals surface area contributed by atoms with Crippen LogP contribution in [0.5, 0.6) is 5.75 Å². The van der Waals surface area contributed by atoms with Crippen LogP contribution in [0.4, 0.5) is 10.2 Å². The average Bonchev–Trinajstić information content (AvgIpc) is 2.69. The van der Waals surface area contributed by atoms with Crippen LogP contribution in [0.3, 0.4) is 0 Å². The first-order valence-electron chi connectivity index (χ1n) is 8.11. The molecule has 0 saturated carbocycles. The van der Waals surface area contributed by atoms with Gasteiger partial charge in [-0.05, 0) is 42.5 Å². The average molecular weight is 387 g/mol. The number of nitrogens with zero attached hydrogens (tertiary/aromatic N) is 1. The van der Waals surface area contributed by atoms with Gasteiger partial charge in [0.15, 0.2) is 0 Å². The van der Waals surface area contributed by atoms with Crippen LogP contribution in [0.15, 0.2) is 77.5 Å². The van der Waals surface area contributed by atoms with Gasteiger partial charge in [0.1, 0.15) is 18.2 Å². The standard InChI is InChI=1S/C19H18FN3O3S/c20-11-14(12-21)13-26-16-7-8-18-15(10-16)6-9-19(22-18)23-27(24,25)17-4-2-1-3-5-17/h1-11H,12-13,21H2,(H,22,23)/b14-11+. The maximum Gasteiger partial charge on any atom is 0.263 e. The summed E-state index contributed by atoms with van der Waals surface area (Å²) in [5.74, 6) is 0.750. The Kier molecular flexibility index (Phi) is 5.68. The topological polar surface area (TPSA) is 94.3 Å². The molecule has 0 amide bonds. The van der Waals surface area contributed by atoms with Gasteiger partial charge in [0.2, 0.25) is 0 Å². The highest BCUT2D eigenvalue weighted by Crippen LogP contribution is 2.23. The molecule has 0 unspecified atom stereocenters. The number of sulfonamides is 1. The van der Waals surface area contributed by atoms with Gasteiger partial charge in [-0.3, -0.25) is 4.72 Å². The number of rotatable bonds is 7. The molecule has 0 aliphatic rings. The first kappa shape index (κ1) is 18.8. The molecule has 0 fully saturated rings. The summed E-state index contributed by atoms with van der Waals surface area (Å²) >= 11 is 0. The summed E-state index contributed by atoms with van der Waals surface area (Å²) in [6, 6.07) is 16.5. The zero-order chi connectivity index (χ0) is 19.3. The van der Waals surface area contributed by atoms with E-state index < -0.39 is 10.0 Å². The van der Waals surface area contributed by atoms with Crippen molar-refractivity contribution in [3.63, 3.8) is 0 Å². The molecule has 0 aliphatic carbocycles. The maximum atomic E-state index is 12.5. The van der Waals surface area contributed by atoms with Crippen molar-refractivity contribution in [3.8, 4) is 5.75 Å². The van der Waals surface area contributed by atoms with E-state index >= 15 is 0 Å². The second-order valence-electron chi connectivity index (χ2n) is 5.73. The zero-order valence-electron chi connectivity index (χ0n) is 14.3. The van der Waals surface area contributed by atoms with Crippen LogP contribution in [0.25, 0.3) is 10.9 Å². The number of anilines is 1. The normalized spacial score (nSPS) is 12.1. The highest BCUT2D eigenvalue weighted by atomic mass is 32.2. The summed E-state index contributed by atoms with van der Waals surface area (Å²) in [5, 5.41) is 0.758. The predicted molar refractivity (Wildman–Crippen MR) is 103 cm³/mol. The molecule has 140 valence electrons. The molecule has 0 radical (unpaired) electrons. The van der Waals surface area contributed by atoms with Crippen LogP contribution < -0.4 is 15.2 Å². The third-order valence-corrected chi connectivity index (χ3v) is 5.16. The second-order valence-corrected chi connectivity index (χ2v) is 7.41. The van der Waals surface area contributed by atoms with E-state index in [9.17, 15) is 12.8 Å². The Hall–Kier alpha value is -2.97. The van der Waals surface area contributed by atoms with Crippen molar-refractivity contribution < 1.29 is 17.5 Å². The minimum absolute atomic E-state index is 0.0564. The van der Waals surface area contributed by atoms with E-state index in [1.807, 2.05) is 0 Å². The van der Waals surface area contributed by atoms with Crippen LogP contribution in [0.1, 0.15) is 0 Å².